The molecule has 2 rings (SSSR count). The van der Waals surface area contributed by atoms with E-state index in [-0.39, 0.29) is 43.2 Å². The summed E-state index contributed by atoms with van der Waals surface area (Å²) in [6, 6.07) is 7.99. The monoisotopic (exact) mass is 545 g/mol. The number of aromatic hydroxyl groups is 1. The van der Waals surface area contributed by atoms with Crippen LogP contribution in [0, 0.1) is 0 Å². The number of hydrogen-bond donors (Lipinski definition) is 1. The summed E-state index contributed by atoms with van der Waals surface area (Å²) < 4.78 is 37.2. The minimum Gasteiger partial charge on any atom is -0.507 e. The van der Waals surface area contributed by atoms with Gasteiger partial charge in [-0.15, -0.1) is 0 Å². The molecule has 0 radical (unpaired) electrons. The molecule has 0 unspecified atom stereocenters. The van der Waals surface area contributed by atoms with Crippen molar-refractivity contribution in [3.8, 4) is 28.7 Å². The summed E-state index contributed by atoms with van der Waals surface area (Å²) in [4.78, 5) is 15.9. The molecule has 2 aromatic carbocycles. The van der Waals surface area contributed by atoms with Gasteiger partial charge in [0.1, 0.15) is 34.3 Å². The first-order valence-corrected chi connectivity index (χ1v) is 12.3. The Bertz CT molecular complexity index is 1120. The average molecular weight is 546 g/mol. The third kappa shape index (κ3) is 11.1. The van der Waals surface area contributed by atoms with Crippen LogP contribution in [0.1, 0.15) is 41.6 Å². The van der Waals surface area contributed by atoms with Crippen molar-refractivity contribution in [3.05, 3.63) is 58.0 Å². The van der Waals surface area contributed by atoms with Crippen LogP contribution in [-0.2, 0) is 14.2 Å². The molecule has 0 aromatic heterocycles. The number of carbonyl (C=O) groups is 1. The first-order chi connectivity index (χ1) is 19.0. The molecule has 0 aliphatic rings. The third-order valence-corrected chi connectivity index (χ3v) is 5.19. The Kier molecular flexibility index (Phi) is 14.7. The molecular formula is C27H35N3O9. The van der Waals surface area contributed by atoms with Crippen LogP contribution in [0.2, 0.25) is 0 Å². The lowest BCUT2D eigenvalue weighted by Crippen LogP contribution is -2.07. The normalized spacial score (nSPS) is 10.7. The van der Waals surface area contributed by atoms with Gasteiger partial charge >= 0.3 is 0 Å². The third-order valence-electron chi connectivity index (χ3n) is 5.19. The number of allylic oxidation sites excluding steroid dienone is 1. The van der Waals surface area contributed by atoms with Gasteiger partial charge in [-0.2, -0.15) is 0 Å². The molecule has 0 bridgehead atoms. The molecule has 0 atom stereocenters. The van der Waals surface area contributed by atoms with Gasteiger partial charge in [0.2, 0.25) is 0 Å². The number of ketones is 1. The molecule has 12 heteroatoms. The molecular weight excluding hydrogens is 510 g/mol. The molecule has 39 heavy (non-hydrogen) atoms. The summed E-state index contributed by atoms with van der Waals surface area (Å²) >= 11 is 0. The Labute approximate surface area is 227 Å². The SMILES string of the molecule is COCOc1ccc(/C=C/C(=O)c2c(O)cc(OCOC)cc2OCOC)c(OCCCCCCN=[N+]=[N-])c1. The molecule has 0 amide bonds. The number of hydrogen-bond acceptors (Lipinski definition) is 10. The maximum Gasteiger partial charge on any atom is 0.193 e. The van der Waals surface area contributed by atoms with Gasteiger partial charge in [0.25, 0.3) is 0 Å². The summed E-state index contributed by atoms with van der Waals surface area (Å²) in [6.45, 7) is 0.827. The topological polar surface area (TPSA) is 151 Å². The number of methoxy groups -OCH3 is 3. The van der Waals surface area contributed by atoms with Crippen LogP contribution in [-0.4, -0.2) is 65.7 Å². The number of unbranched alkanes of at least 4 members (excludes halogenated alkanes) is 3. The molecule has 12 nitrogen and oxygen atoms in total. The van der Waals surface area contributed by atoms with Gasteiger partial charge in [-0.1, -0.05) is 18.0 Å². The van der Waals surface area contributed by atoms with E-state index in [2.05, 4.69) is 10.0 Å². The Morgan fingerprint density at radius 3 is 2.26 bits per heavy atom. The largest absolute Gasteiger partial charge is 0.507 e. The quantitative estimate of drug-likeness (QED) is 0.0433. The van der Waals surface area contributed by atoms with Gasteiger partial charge in [-0.3, -0.25) is 4.79 Å². The first kappa shape index (κ1) is 31.3. The Hall–Kier alpha value is -3.96. The summed E-state index contributed by atoms with van der Waals surface area (Å²) in [5.74, 6) is 0.612. The van der Waals surface area contributed by atoms with E-state index in [0.717, 1.165) is 25.7 Å². The lowest BCUT2D eigenvalue weighted by Gasteiger charge is -2.14. The van der Waals surface area contributed by atoms with Crippen LogP contribution in [0.25, 0.3) is 16.5 Å². The first-order valence-electron chi connectivity index (χ1n) is 12.3. The van der Waals surface area contributed by atoms with E-state index in [9.17, 15) is 9.90 Å². The van der Waals surface area contributed by atoms with E-state index in [1.165, 1.54) is 39.5 Å². The van der Waals surface area contributed by atoms with Crippen molar-refractivity contribution in [1.82, 2.24) is 0 Å². The highest BCUT2D eigenvalue weighted by atomic mass is 16.7. The molecule has 2 aromatic rings. The fourth-order valence-corrected chi connectivity index (χ4v) is 3.38. The molecule has 0 spiro atoms. The van der Waals surface area contributed by atoms with Crippen LogP contribution in [0.15, 0.2) is 41.5 Å². The zero-order valence-electron chi connectivity index (χ0n) is 22.5. The second kappa shape index (κ2) is 18.3. The van der Waals surface area contributed by atoms with E-state index < -0.39 is 5.78 Å². The van der Waals surface area contributed by atoms with Gasteiger partial charge in [0.05, 0.1) is 6.61 Å². The highest BCUT2D eigenvalue weighted by Crippen LogP contribution is 2.35. The van der Waals surface area contributed by atoms with E-state index in [1.807, 2.05) is 0 Å². The van der Waals surface area contributed by atoms with Gasteiger partial charge in [-0.05, 0) is 42.7 Å². The Morgan fingerprint density at radius 1 is 0.872 bits per heavy atom. The fraction of sp³-hybridized carbons (Fsp3) is 0.444. The van der Waals surface area contributed by atoms with Crippen molar-refractivity contribution in [2.45, 2.75) is 25.7 Å². The highest BCUT2D eigenvalue weighted by molar-refractivity contribution is 6.10. The van der Waals surface area contributed by atoms with Crippen molar-refractivity contribution in [3.63, 3.8) is 0 Å². The number of ether oxygens (including phenoxy) is 7. The second-order valence-corrected chi connectivity index (χ2v) is 8.08. The predicted molar refractivity (Wildman–Crippen MR) is 143 cm³/mol. The second-order valence-electron chi connectivity index (χ2n) is 8.08. The lowest BCUT2D eigenvalue weighted by molar-refractivity contribution is 0.0453. The number of nitrogens with zero attached hydrogens (tertiary/aromatic N) is 3. The lowest BCUT2D eigenvalue weighted by atomic mass is 10.1. The smallest absolute Gasteiger partial charge is 0.193 e. The van der Waals surface area contributed by atoms with Gasteiger partial charge in [-0.25, -0.2) is 0 Å². The van der Waals surface area contributed by atoms with Crippen LogP contribution in [0.5, 0.6) is 28.7 Å². The van der Waals surface area contributed by atoms with Crippen molar-refractivity contribution >= 4 is 11.9 Å². The van der Waals surface area contributed by atoms with Crippen molar-refractivity contribution < 1.29 is 43.1 Å². The van der Waals surface area contributed by atoms with E-state index in [0.29, 0.717) is 30.2 Å². The molecule has 0 aliphatic carbocycles. The van der Waals surface area contributed by atoms with Gasteiger partial charge in [0.15, 0.2) is 26.2 Å². The molecule has 0 saturated carbocycles. The Morgan fingerprint density at radius 2 is 1.54 bits per heavy atom. The molecule has 0 saturated heterocycles. The maximum atomic E-state index is 13.1. The average Bonchev–Trinajstić information content (AvgIpc) is 2.94. The van der Waals surface area contributed by atoms with Crippen LogP contribution in [0.4, 0.5) is 0 Å². The number of carbonyl (C=O) groups excluding carboxylic acids is 1. The Balaban J connectivity index is 2.20. The summed E-state index contributed by atoms with van der Waals surface area (Å²) in [5.41, 5.74) is 8.93. The standard InChI is InChI=1S/C27H35N3O9/c1-33-17-37-21-10-8-20(25(15-21)36-13-7-5-4-6-12-29-30-28)9-11-23(31)27-24(32)14-22(38-18-34-2)16-26(27)39-19-35-3/h8-11,14-16,32H,4-7,12-13,17-19H2,1-3H3/b11-9+. The van der Waals surface area contributed by atoms with E-state index >= 15 is 0 Å². The number of phenols is 1. The van der Waals surface area contributed by atoms with Crippen molar-refractivity contribution in [2.75, 3.05) is 54.9 Å². The molecule has 0 fully saturated rings. The predicted octanol–water partition coefficient (Wildman–Crippen LogP) is 5.49. The zero-order chi connectivity index (χ0) is 28.3. The molecule has 1 N–H and O–H groups in total. The molecule has 212 valence electrons. The van der Waals surface area contributed by atoms with E-state index in [4.69, 9.17) is 38.7 Å². The minimum absolute atomic E-state index is 0.0427. The number of azide groups is 1. The summed E-state index contributed by atoms with van der Waals surface area (Å²) in [7, 11) is 4.43. The maximum absolute atomic E-state index is 13.1. The van der Waals surface area contributed by atoms with Gasteiger partial charge in [0, 0.05) is 56.5 Å². The fourth-order valence-electron chi connectivity index (χ4n) is 3.38. The van der Waals surface area contributed by atoms with E-state index in [1.54, 1.807) is 24.3 Å². The highest BCUT2D eigenvalue weighted by Gasteiger charge is 2.19. The van der Waals surface area contributed by atoms with Crippen molar-refractivity contribution in [2.24, 2.45) is 5.11 Å². The molecule has 0 heterocycles. The van der Waals surface area contributed by atoms with Gasteiger partial charge < -0.3 is 38.3 Å². The number of rotatable bonds is 20. The van der Waals surface area contributed by atoms with Crippen LogP contribution in [0.3, 0.4) is 0 Å². The number of phenolic OH excluding ortho intramolecular Hbond substituents is 1. The summed E-state index contributed by atoms with van der Waals surface area (Å²) in [5, 5.41) is 14.1. The van der Waals surface area contributed by atoms with Crippen LogP contribution < -0.4 is 18.9 Å². The van der Waals surface area contributed by atoms with Crippen molar-refractivity contribution in [1.29, 1.82) is 0 Å². The minimum atomic E-state index is -0.498. The summed E-state index contributed by atoms with van der Waals surface area (Å²) in [6.07, 6.45) is 6.37. The zero-order valence-corrected chi connectivity index (χ0v) is 22.5. The number of benzene rings is 2. The molecule has 0 aliphatic heterocycles. The van der Waals surface area contributed by atoms with Crippen LogP contribution >= 0.6 is 0 Å².